The van der Waals surface area contributed by atoms with Gasteiger partial charge in [0.15, 0.2) is 0 Å². The van der Waals surface area contributed by atoms with Gasteiger partial charge in [-0.15, -0.1) is 0 Å². The number of hydrogen-bond acceptors (Lipinski definition) is 21. The van der Waals surface area contributed by atoms with E-state index < -0.39 is 60.8 Å². The third-order valence-electron chi connectivity index (χ3n) is 3.11. The van der Waals surface area contributed by atoms with Crippen molar-refractivity contribution < 1.29 is 192 Å². The third kappa shape index (κ3) is 22.0. The second kappa shape index (κ2) is 23.1. The minimum atomic E-state index is -5.82. The maximum absolute atomic E-state index is 9.95. The summed E-state index contributed by atoms with van der Waals surface area (Å²) in [6.45, 7) is 0.400. The summed E-state index contributed by atoms with van der Waals surface area (Å²) >= 11 is 0. The van der Waals surface area contributed by atoms with E-state index in [9.17, 15) is 86.1 Å². The summed E-state index contributed by atoms with van der Waals surface area (Å²) in [6.07, 6.45) is 0. The van der Waals surface area contributed by atoms with Crippen molar-refractivity contribution in [3.63, 3.8) is 0 Å². The summed E-state index contributed by atoms with van der Waals surface area (Å²) < 4.78 is 59.7. The van der Waals surface area contributed by atoms with E-state index in [0.717, 1.165) is 0 Å². The minimum Gasteiger partial charge on any atom is -0.808 e. The third-order valence-corrected chi connectivity index (χ3v) is 13.7. The molecule has 0 atom stereocenters. The molecule has 0 amide bonds. The Bertz CT molecular complexity index is 765. The van der Waals surface area contributed by atoms with Crippen LogP contribution in [0.2, 0.25) is 0 Å². The molecule has 25 nitrogen and oxygen atoms in total. The van der Waals surface area contributed by atoms with E-state index in [2.05, 4.69) is 0 Å². The minimum absolute atomic E-state index is 0. The monoisotopic (exact) mass is 902 g/mol. The van der Waals surface area contributed by atoms with Crippen LogP contribution in [0.25, 0.3) is 0 Å². The molecule has 0 unspecified atom stereocenters. The molecule has 256 valence electrons. The van der Waals surface area contributed by atoms with Gasteiger partial charge in [-0.2, -0.15) is 0 Å². The van der Waals surface area contributed by atoms with Gasteiger partial charge in [-0.25, -0.2) is 0 Å². The summed E-state index contributed by atoms with van der Waals surface area (Å²) in [7, 11) is -34.9. The van der Waals surface area contributed by atoms with Crippen LogP contribution in [-0.4, -0.2) is 52.5 Å². The van der Waals surface area contributed by atoms with Crippen LogP contribution in [0.5, 0.6) is 0 Å². The molecule has 0 aliphatic carbocycles. The van der Waals surface area contributed by atoms with E-state index in [1.807, 2.05) is 0 Å². The molecule has 0 rings (SSSR count). The molecular formula is C6H20Fe4O25P6. The Balaban J connectivity index is -0.0000000333. The molecule has 4 radical (unpaired) electrons. The van der Waals surface area contributed by atoms with Crippen LogP contribution in [0.1, 0.15) is 20.8 Å². The molecule has 0 aromatic rings. The smallest absolute Gasteiger partial charge is 0.808 e. The summed E-state index contributed by atoms with van der Waals surface area (Å²) in [5.41, 5.74) is 0. The molecule has 0 fully saturated rings. The Labute approximate surface area is 272 Å². The van der Waals surface area contributed by atoms with Crippen molar-refractivity contribution in [2.45, 2.75) is 36.0 Å². The van der Waals surface area contributed by atoms with E-state index in [1.165, 1.54) is 0 Å². The van der Waals surface area contributed by atoms with Crippen molar-refractivity contribution >= 4 is 45.6 Å². The Morgan fingerprint density at radius 1 is 0.341 bits per heavy atom. The van der Waals surface area contributed by atoms with E-state index in [4.69, 9.17) is 15.3 Å². The van der Waals surface area contributed by atoms with E-state index >= 15 is 0 Å². The molecule has 0 heterocycles. The Morgan fingerprint density at radius 2 is 0.390 bits per heavy atom. The van der Waals surface area contributed by atoms with Gasteiger partial charge in [0, 0.05) is 0 Å². The van der Waals surface area contributed by atoms with Crippen LogP contribution in [-0.2, 0) is 95.7 Å². The maximum Gasteiger partial charge on any atom is 3.00 e. The van der Waals surface area contributed by atoms with Gasteiger partial charge in [-0.1, -0.05) is 0 Å². The van der Waals surface area contributed by atoms with Gasteiger partial charge >= 0.3 is 68.3 Å². The standard InChI is InChI=1S/3C2H8O7P2.4Fe.4H2O/c3*1-2(3,10(4,5)6)11(7,8)9;;;;;;;;/h3*3H,1H3,(H2,4,5,6)(H2,7,8,9);;;;;4*1H2/q;;;4*+3;;;;/p-12. The molecule has 41 heavy (non-hydrogen) atoms. The largest absolute Gasteiger partial charge is 3.00 e. The second-order valence-corrected chi connectivity index (χ2v) is 18.2. The molecule has 0 spiro atoms. The van der Waals surface area contributed by atoms with Gasteiger partial charge in [0.05, 0.1) is 0 Å². The van der Waals surface area contributed by atoms with Gasteiger partial charge in [0.1, 0.15) is 15.2 Å². The molecular weight excluding hydrogens is 881 g/mol. The van der Waals surface area contributed by atoms with Crippen molar-refractivity contribution in [3.8, 4) is 0 Å². The van der Waals surface area contributed by atoms with E-state index in [-0.39, 0.29) is 111 Å². The predicted molar refractivity (Wildman–Crippen MR) is 92.0 cm³/mol. The van der Waals surface area contributed by atoms with Gasteiger partial charge in [0.2, 0.25) is 0 Å². The first-order valence-corrected chi connectivity index (χ1v) is 16.1. The van der Waals surface area contributed by atoms with Crippen molar-refractivity contribution in [2.75, 3.05) is 0 Å². The first-order valence-electron chi connectivity index (χ1n) is 6.80. The van der Waals surface area contributed by atoms with Gasteiger partial charge in [-0.3, -0.25) is 0 Å². The zero-order valence-electron chi connectivity index (χ0n) is 19.3. The molecule has 0 aromatic carbocycles. The fourth-order valence-electron chi connectivity index (χ4n) is 0.450. The van der Waals surface area contributed by atoms with Crippen molar-refractivity contribution in [1.29, 1.82) is 0 Å². The van der Waals surface area contributed by atoms with Crippen LogP contribution in [0.4, 0.5) is 0 Å². The molecule has 0 aliphatic rings. The van der Waals surface area contributed by atoms with Gasteiger partial charge in [-0.05, 0) is 66.3 Å². The molecule has 0 bridgehead atoms. The summed E-state index contributed by atoms with van der Waals surface area (Å²) in [4.78, 5) is 119. The molecule has 0 saturated carbocycles. The number of aliphatic hydroxyl groups is 3. The van der Waals surface area contributed by atoms with Crippen LogP contribution in [0.3, 0.4) is 0 Å². The normalized spacial score (nSPS) is 12.1. The average Bonchev–Trinajstić information content (AvgIpc) is 2.41. The fourth-order valence-corrected chi connectivity index (χ4v) is 4.05. The summed E-state index contributed by atoms with van der Waals surface area (Å²) in [5, 5.41) is 14.0. The quantitative estimate of drug-likeness (QED) is 0.165. The van der Waals surface area contributed by atoms with Crippen LogP contribution < -0.4 is 58.7 Å². The summed E-state index contributed by atoms with van der Waals surface area (Å²) in [6, 6.07) is 0. The maximum atomic E-state index is 9.95. The van der Waals surface area contributed by atoms with Crippen LogP contribution in [0, 0.1) is 0 Å². The average molecular weight is 901 g/mol. The Kier molecular flexibility index (Phi) is 42.0. The molecule has 0 aromatic heterocycles. The first-order chi connectivity index (χ1) is 13.5. The number of hydrogen-bond donors (Lipinski definition) is 3. The molecule has 0 saturated heterocycles. The zero-order chi connectivity index (χ0) is 28.5. The van der Waals surface area contributed by atoms with Gasteiger partial charge < -0.3 is 123 Å². The first kappa shape index (κ1) is 74.5. The molecule has 35 heteroatoms. The predicted octanol–water partition coefficient (Wildman–Crippen LogP) is -13.9. The molecule has 0 aliphatic heterocycles. The molecule has 11 N–H and O–H groups in total. The zero-order valence-corrected chi connectivity index (χ0v) is 29.1. The van der Waals surface area contributed by atoms with Crippen molar-refractivity contribution in [1.82, 2.24) is 0 Å². The Morgan fingerprint density at radius 3 is 0.390 bits per heavy atom. The Hall–Kier alpha value is 2.70. The van der Waals surface area contributed by atoms with E-state index in [0.29, 0.717) is 0 Å². The van der Waals surface area contributed by atoms with Crippen molar-refractivity contribution in [3.05, 3.63) is 0 Å². The fraction of sp³-hybridized carbons (Fsp3) is 1.00. The second-order valence-electron chi connectivity index (χ2n) is 5.90. The SMILES string of the molecule is CC(O)(P(=O)([O-])[O-])P(=O)([O-])[O-].CC(O)(P(=O)([O-])[O-])P(=O)([O-])[O-].CC(O)(P(=O)([O-])[O-])P(=O)([O-])[O-].O.O.O.O.[Fe+3].[Fe+3].[Fe+3].[Fe+3]. The van der Waals surface area contributed by atoms with Gasteiger partial charge in [0.25, 0.3) is 0 Å². The topological polar surface area (TPSA) is 566 Å². The summed E-state index contributed by atoms with van der Waals surface area (Å²) in [5.74, 6) is 0. The van der Waals surface area contributed by atoms with Crippen LogP contribution >= 0.6 is 45.6 Å². The van der Waals surface area contributed by atoms with E-state index in [1.54, 1.807) is 0 Å². The number of rotatable bonds is 6. The van der Waals surface area contributed by atoms with Crippen molar-refractivity contribution in [2.24, 2.45) is 0 Å². The van der Waals surface area contributed by atoms with Crippen LogP contribution in [0.15, 0.2) is 0 Å².